The second-order valence-corrected chi connectivity index (χ2v) is 5.41. The number of methoxy groups -OCH3 is 1. The summed E-state index contributed by atoms with van der Waals surface area (Å²) >= 11 is 3.18. The maximum atomic E-state index is 11.5. The van der Waals surface area contributed by atoms with Crippen molar-refractivity contribution in [1.82, 2.24) is 0 Å². The minimum Gasteiger partial charge on any atom is -0.467 e. The van der Waals surface area contributed by atoms with Crippen LogP contribution >= 0.6 is 15.9 Å². The van der Waals surface area contributed by atoms with Gasteiger partial charge in [0.1, 0.15) is 0 Å². The van der Waals surface area contributed by atoms with E-state index in [0.717, 1.165) is 6.42 Å². The highest BCUT2D eigenvalue weighted by Crippen LogP contribution is 2.32. The van der Waals surface area contributed by atoms with E-state index in [4.69, 9.17) is 9.47 Å². The third-order valence-corrected chi connectivity index (χ3v) is 3.56. The Bertz CT molecular complexity index is 549. The molecule has 1 saturated heterocycles. The minimum absolute atomic E-state index is 0.110. The van der Waals surface area contributed by atoms with Crippen LogP contribution < -0.4 is 4.74 Å². The van der Waals surface area contributed by atoms with Crippen molar-refractivity contribution >= 4 is 27.6 Å². The number of hydrogen-bond acceptors (Lipinski definition) is 6. The van der Waals surface area contributed by atoms with Crippen molar-refractivity contribution in [3.8, 4) is 5.75 Å². The molecule has 0 aliphatic carbocycles. The van der Waals surface area contributed by atoms with Crippen LogP contribution in [-0.4, -0.2) is 30.4 Å². The van der Waals surface area contributed by atoms with Gasteiger partial charge in [-0.05, 0) is 25.0 Å². The Labute approximate surface area is 129 Å². The molecule has 1 aliphatic rings. The number of carbonyl (C=O) groups excluding carboxylic acids is 1. The van der Waals surface area contributed by atoms with Gasteiger partial charge in [0.25, 0.3) is 0 Å². The quantitative estimate of drug-likeness (QED) is 0.466. The molecule has 8 heteroatoms. The van der Waals surface area contributed by atoms with Gasteiger partial charge in [-0.25, -0.2) is 4.79 Å². The molecule has 21 heavy (non-hydrogen) atoms. The van der Waals surface area contributed by atoms with Crippen molar-refractivity contribution in [1.29, 1.82) is 0 Å². The van der Waals surface area contributed by atoms with Gasteiger partial charge < -0.3 is 14.2 Å². The van der Waals surface area contributed by atoms with E-state index in [1.807, 2.05) is 0 Å². The Morgan fingerprint density at radius 2 is 2.24 bits per heavy atom. The highest BCUT2D eigenvalue weighted by atomic mass is 79.9. The van der Waals surface area contributed by atoms with Crippen LogP contribution in [0.1, 0.15) is 19.3 Å². The van der Waals surface area contributed by atoms with Crippen LogP contribution in [0.15, 0.2) is 22.7 Å². The third kappa shape index (κ3) is 3.92. The molecular weight excluding hydrogens is 346 g/mol. The number of carbonyl (C=O) groups is 1. The molecule has 1 aromatic rings. The largest absolute Gasteiger partial charge is 0.467 e. The Balaban J connectivity index is 2.11. The van der Waals surface area contributed by atoms with Crippen LogP contribution in [0.25, 0.3) is 0 Å². The van der Waals surface area contributed by atoms with Crippen molar-refractivity contribution in [3.63, 3.8) is 0 Å². The van der Waals surface area contributed by atoms with Crippen LogP contribution in [0.2, 0.25) is 0 Å². The first kappa shape index (κ1) is 15.7. The lowest BCUT2D eigenvalue weighted by atomic mass is 10.1. The van der Waals surface area contributed by atoms with E-state index in [1.165, 1.54) is 19.2 Å². The van der Waals surface area contributed by atoms with E-state index < -0.39 is 23.3 Å². The minimum atomic E-state index is -0.706. The molecule has 2 rings (SSSR count). The molecule has 0 saturated carbocycles. The molecule has 0 radical (unpaired) electrons. The summed E-state index contributed by atoms with van der Waals surface area (Å²) in [7, 11) is 1.29. The van der Waals surface area contributed by atoms with Crippen LogP contribution in [-0.2, 0) is 14.3 Å². The topological polar surface area (TPSA) is 87.9 Å². The first-order valence-electron chi connectivity index (χ1n) is 6.35. The van der Waals surface area contributed by atoms with Crippen LogP contribution in [0.5, 0.6) is 5.75 Å². The average molecular weight is 360 g/mol. The fraction of sp³-hybridized carbons (Fsp3) is 0.462. The summed E-state index contributed by atoms with van der Waals surface area (Å²) in [5, 5.41) is 11.0. The normalized spacial score (nSPS) is 21.6. The summed E-state index contributed by atoms with van der Waals surface area (Å²) in [5.41, 5.74) is -0.159. The number of ether oxygens (including phenoxy) is 3. The van der Waals surface area contributed by atoms with E-state index in [1.54, 1.807) is 6.07 Å². The molecule has 1 aromatic carbocycles. The Kier molecular flexibility index (Phi) is 5.13. The number of hydrogen-bond donors (Lipinski definition) is 0. The van der Waals surface area contributed by atoms with E-state index >= 15 is 0 Å². The van der Waals surface area contributed by atoms with Gasteiger partial charge in [-0.3, -0.25) is 10.1 Å². The molecule has 0 aromatic heterocycles. The Morgan fingerprint density at radius 3 is 2.90 bits per heavy atom. The smallest absolute Gasteiger partial charge is 0.335 e. The number of nitro groups is 1. The van der Waals surface area contributed by atoms with Crippen LogP contribution in [0.3, 0.4) is 0 Å². The maximum Gasteiger partial charge on any atom is 0.335 e. The predicted octanol–water partition coefficient (Wildman–Crippen LogP) is 2.80. The fourth-order valence-electron chi connectivity index (χ4n) is 2.06. The van der Waals surface area contributed by atoms with Gasteiger partial charge >= 0.3 is 11.7 Å². The summed E-state index contributed by atoms with van der Waals surface area (Å²) in [6, 6.07) is 4.49. The monoisotopic (exact) mass is 359 g/mol. The molecule has 1 heterocycles. The van der Waals surface area contributed by atoms with E-state index in [-0.39, 0.29) is 11.4 Å². The van der Waals surface area contributed by atoms with Crippen molar-refractivity contribution < 1.29 is 23.9 Å². The van der Waals surface area contributed by atoms with Crippen LogP contribution in [0, 0.1) is 10.1 Å². The molecule has 2 atom stereocenters. The molecule has 0 bridgehead atoms. The van der Waals surface area contributed by atoms with Gasteiger partial charge in [-0.1, -0.05) is 15.9 Å². The fourth-order valence-corrected chi connectivity index (χ4v) is 2.40. The van der Waals surface area contributed by atoms with Crippen molar-refractivity contribution in [2.45, 2.75) is 31.7 Å². The lowest BCUT2D eigenvalue weighted by Gasteiger charge is -2.28. The summed E-state index contributed by atoms with van der Waals surface area (Å²) < 4.78 is 16.2. The number of rotatable bonds is 4. The van der Waals surface area contributed by atoms with Crippen molar-refractivity contribution in [2.75, 3.05) is 7.11 Å². The van der Waals surface area contributed by atoms with Crippen LogP contribution in [0.4, 0.5) is 5.69 Å². The molecule has 0 spiro atoms. The predicted molar refractivity (Wildman–Crippen MR) is 76.0 cm³/mol. The molecule has 1 fully saturated rings. The number of esters is 1. The molecule has 1 aliphatic heterocycles. The van der Waals surface area contributed by atoms with Gasteiger partial charge in [-0.15, -0.1) is 0 Å². The SMILES string of the molecule is COC(=O)[C@@H]1CCC[C@H](Oc2ccc(Br)cc2[N+](=O)[O-])O1. The zero-order valence-electron chi connectivity index (χ0n) is 11.3. The van der Waals surface area contributed by atoms with Gasteiger partial charge in [0.05, 0.1) is 12.0 Å². The number of benzene rings is 1. The number of nitro benzene ring substituents is 1. The summed E-state index contributed by atoms with van der Waals surface area (Å²) in [5.74, 6) is -0.354. The van der Waals surface area contributed by atoms with Crippen molar-refractivity contribution in [2.24, 2.45) is 0 Å². The number of halogens is 1. The van der Waals surface area contributed by atoms with Crippen molar-refractivity contribution in [3.05, 3.63) is 32.8 Å². The van der Waals surface area contributed by atoms with E-state index in [2.05, 4.69) is 20.7 Å². The molecule has 0 N–H and O–H groups in total. The zero-order valence-corrected chi connectivity index (χ0v) is 12.9. The first-order chi connectivity index (χ1) is 10.0. The summed E-state index contributed by atoms with van der Waals surface area (Å²) in [6.07, 6.45) is 0.427. The molecule has 7 nitrogen and oxygen atoms in total. The van der Waals surface area contributed by atoms with E-state index in [9.17, 15) is 14.9 Å². The van der Waals surface area contributed by atoms with Gasteiger partial charge in [0.15, 0.2) is 11.9 Å². The number of nitrogens with zero attached hydrogens (tertiary/aromatic N) is 1. The van der Waals surface area contributed by atoms with Gasteiger partial charge in [0.2, 0.25) is 6.29 Å². The highest BCUT2D eigenvalue weighted by Gasteiger charge is 2.31. The Morgan fingerprint density at radius 1 is 1.48 bits per heavy atom. The van der Waals surface area contributed by atoms with E-state index in [0.29, 0.717) is 17.3 Å². The summed E-state index contributed by atoms with van der Waals surface area (Å²) in [4.78, 5) is 22.0. The zero-order chi connectivity index (χ0) is 15.4. The molecule has 0 unspecified atom stereocenters. The first-order valence-corrected chi connectivity index (χ1v) is 7.14. The lowest BCUT2D eigenvalue weighted by molar-refractivity contribution is -0.386. The van der Waals surface area contributed by atoms with Gasteiger partial charge in [-0.2, -0.15) is 0 Å². The second-order valence-electron chi connectivity index (χ2n) is 4.50. The van der Waals surface area contributed by atoms with Gasteiger partial charge in [0, 0.05) is 17.0 Å². The Hall–Kier alpha value is -1.67. The second kappa shape index (κ2) is 6.86. The lowest BCUT2D eigenvalue weighted by Crippen LogP contribution is -2.37. The third-order valence-electron chi connectivity index (χ3n) is 3.06. The molecule has 0 amide bonds. The summed E-state index contributed by atoms with van der Waals surface area (Å²) in [6.45, 7) is 0. The maximum absolute atomic E-state index is 11.5. The molecule has 114 valence electrons. The highest BCUT2D eigenvalue weighted by molar-refractivity contribution is 9.10. The average Bonchev–Trinajstić information content (AvgIpc) is 2.48. The molecular formula is C13H14BrNO6. The standard InChI is InChI=1S/C13H14BrNO6/c1-19-13(16)11-3-2-4-12(21-11)20-10-6-5-8(14)7-9(10)15(17)18/h5-7,11-12H,2-4H2,1H3/t11-,12+/m0/s1.